The Balaban J connectivity index is 1.09. The van der Waals surface area contributed by atoms with Crippen LogP contribution in [0.1, 0.15) is 37.7 Å². The summed E-state index contributed by atoms with van der Waals surface area (Å²) in [6, 6.07) is 18.4. The Labute approximate surface area is 207 Å². The van der Waals surface area contributed by atoms with E-state index in [1.807, 2.05) is 42.5 Å². The molecule has 3 heterocycles. The zero-order valence-corrected chi connectivity index (χ0v) is 20.6. The fourth-order valence-corrected chi connectivity index (χ4v) is 5.22. The van der Waals surface area contributed by atoms with Crippen LogP contribution in [-0.4, -0.2) is 63.5 Å². The summed E-state index contributed by atoms with van der Waals surface area (Å²) in [4.78, 5) is 18.0. The molecule has 35 heavy (non-hydrogen) atoms. The maximum Gasteiger partial charge on any atom is 0.350 e. The molecule has 2 aromatic carbocycles. The van der Waals surface area contributed by atoms with Crippen molar-refractivity contribution in [2.75, 3.05) is 39.3 Å². The Morgan fingerprint density at radius 2 is 1.60 bits per heavy atom. The average molecular weight is 476 g/mol. The van der Waals surface area contributed by atoms with Crippen LogP contribution in [0.15, 0.2) is 65.7 Å². The van der Waals surface area contributed by atoms with E-state index in [0.717, 1.165) is 50.5 Å². The first-order chi connectivity index (χ1) is 17.2. The molecule has 5 rings (SSSR count). The van der Waals surface area contributed by atoms with E-state index in [2.05, 4.69) is 27.0 Å². The lowest BCUT2D eigenvalue weighted by Crippen LogP contribution is -2.38. The average Bonchev–Trinajstić information content (AvgIpc) is 3.26. The predicted octanol–water partition coefficient (Wildman–Crippen LogP) is 3.81. The summed E-state index contributed by atoms with van der Waals surface area (Å²) in [5.74, 6) is 1.41. The summed E-state index contributed by atoms with van der Waals surface area (Å²) in [5.41, 5.74) is 2.14. The zero-order valence-electron chi connectivity index (χ0n) is 20.6. The molecule has 186 valence electrons. The van der Waals surface area contributed by atoms with Gasteiger partial charge in [0.25, 0.3) is 0 Å². The molecule has 2 fully saturated rings. The number of aromatic nitrogens is 3. The van der Waals surface area contributed by atoms with E-state index in [1.165, 1.54) is 37.9 Å². The monoisotopic (exact) mass is 475 g/mol. The van der Waals surface area contributed by atoms with Crippen molar-refractivity contribution >= 4 is 0 Å². The summed E-state index contributed by atoms with van der Waals surface area (Å²) in [5, 5.41) is 4.43. The zero-order chi connectivity index (χ0) is 23.9. The number of nitrogens with zero attached hydrogens (tertiary/aromatic N) is 5. The van der Waals surface area contributed by atoms with Gasteiger partial charge in [-0.05, 0) is 87.6 Å². The van der Waals surface area contributed by atoms with Crippen molar-refractivity contribution < 1.29 is 4.74 Å². The molecular formula is C28H37N5O2. The third-order valence-corrected chi connectivity index (χ3v) is 7.36. The summed E-state index contributed by atoms with van der Waals surface area (Å²) >= 11 is 0. The minimum atomic E-state index is -0.0486. The quantitative estimate of drug-likeness (QED) is 0.471. The Hall–Kier alpha value is -2.90. The predicted molar refractivity (Wildman–Crippen MR) is 138 cm³/mol. The molecule has 0 aliphatic carbocycles. The van der Waals surface area contributed by atoms with Crippen molar-refractivity contribution in [3.05, 3.63) is 77.0 Å². The molecule has 0 unspecified atom stereocenters. The highest BCUT2D eigenvalue weighted by Gasteiger charge is 2.21. The van der Waals surface area contributed by atoms with E-state index in [-0.39, 0.29) is 5.69 Å². The normalized spacial score (nSPS) is 18.1. The fourth-order valence-electron chi connectivity index (χ4n) is 5.22. The van der Waals surface area contributed by atoms with E-state index < -0.39 is 0 Å². The summed E-state index contributed by atoms with van der Waals surface area (Å²) in [7, 11) is 0. The smallest absolute Gasteiger partial charge is 0.350 e. The standard InChI is InChI=1S/C28H37N5O2/c34-28-32(26-11-9-24(10-12-26)21-31-15-5-2-6-16-31)23-29-33(28)22-25-13-17-30(18-14-25)19-20-35-27-7-3-1-4-8-27/h1,3-4,7-12,23,25H,2,5-6,13-22H2. The molecule has 0 atom stereocenters. The van der Waals surface area contributed by atoms with Crippen LogP contribution in [0.5, 0.6) is 5.75 Å². The lowest BCUT2D eigenvalue weighted by molar-refractivity contribution is 0.145. The second-order valence-corrected chi connectivity index (χ2v) is 9.92. The van der Waals surface area contributed by atoms with Crippen molar-refractivity contribution in [3.63, 3.8) is 0 Å². The van der Waals surface area contributed by atoms with E-state index in [1.54, 1.807) is 15.6 Å². The summed E-state index contributed by atoms with van der Waals surface area (Å²) in [6.07, 6.45) is 7.78. The number of hydrogen-bond donors (Lipinski definition) is 0. The van der Waals surface area contributed by atoms with Gasteiger partial charge in [-0.2, -0.15) is 5.10 Å². The first-order valence-corrected chi connectivity index (χ1v) is 13.1. The number of benzene rings is 2. The SMILES string of the molecule is O=c1n(-c2ccc(CN3CCCCC3)cc2)cnn1CC1CCN(CCOc2ccccc2)CC1. The van der Waals surface area contributed by atoms with Gasteiger partial charge in [0, 0.05) is 19.6 Å². The first kappa shape index (κ1) is 23.8. The van der Waals surface area contributed by atoms with Crippen LogP contribution in [0.25, 0.3) is 5.69 Å². The Morgan fingerprint density at radius 3 is 2.34 bits per heavy atom. The van der Waals surface area contributed by atoms with Crippen LogP contribution in [0.3, 0.4) is 0 Å². The van der Waals surface area contributed by atoms with Crippen LogP contribution in [0.2, 0.25) is 0 Å². The second kappa shape index (κ2) is 11.7. The van der Waals surface area contributed by atoms with Crippen molar-refractivity contribution in [1.29, 1.82) is 0 Å². The van der Waals surface area contributed by atoms with Crippen LogP contribution < -0.4 is 10.4 Å². The molecule has 0 spiro atoms. The number of likely N-dealkylation sites (tertiary alicyclic amines) is 2. The van der Waals surface area contributed by atoms with Gasteiger partial charge in [-0.15, -0.1) is 0 Å². The van der Waals surface area contributed by atoms with Gasteiger partial charge in [-0.1, -0.05) is 36.8 Å². The Morgan fingerprint density at radius 1 is 0.857 bits per heavy atom. The molecule has 1 aromatic heterocycles. The molecular weight excluding hydrogens is 438 g/mol. The van der Waals surface area contributed by atoms with E-state index in [0.29, 0.717) is 19.1 Å². The van der Waals surface area contributed by atoms with Gasteiger partial charge in [-0.25, -0.2) is 14.0 Å². The third-order valence-electron chi connectivity index (χ3n) is 7.36. The minimum absolute atomic E-state index is 0.0486. The molecule has 0 amide bonds. The molecule has 0 saturated carbocycles. The van der Waals surface area contributed by atoms with Gasteiger partial charge in [-0.3, -0.25) is 9.80 Å². The summed E-state index contributed by atoms with van der Waals surface area (Å²) < 4.78 is 9.14. The van der Waals surface area contributed by atoms with Crippen LogP contribution in [-0.2, 0) is 13.1 Å². The molecule has 7 heteroatoms. The van der Waals surface area contributed by atoms with Gasteiger partial charge in [0.1, 0.15) is 18.7 Å². The lowest BCUT2D eigenvalue weighted by atomic mass is 9.97. The maximum atomic E-state index is 13.0. The largest absolute Gasteiger partial charge is 0.492 e. The topological polar surface area (TPSA) is 55.5 Å². The number of ether oxygens (including phenoxy) is 1. The maximum absolute atomic E-state index is 13.0. The highest BCUT2D eigenvalue weighted by molar-refractivity contribution is 5.34. The highest BCUT2D eigenvalue weighted by Crippen LogP contribution is 2.19. The molecule has 0 radical (unpaired) electrons. The molecule has 3 aromatic rings. The molecule has 0 N–H and O–H groups in total. The van der Waals surface area contributed by atoms with Gasteiger partial charge in [0.15, 0.2) is 0 Å². The number of piperidine rings is 2. The summed E-state index contributed by atoms with van der Waals surface area (Å²) in [6.45, 7) is 7.77. The van der Waals surface area contributed by atoms with Crippen molar-refractivity contribution in [3.8, 4) is 11.4 Å². The van der Waals surface area contributed by atoms with Crippen LogP contribution in [0.4, 0.5) is 0 Å². The number of para-hydroxylation sites is 1. The van der Waals surface area contributed by atoms with Gasteiger partial charge < -0.3 is 4.74 Å². The van der Waals surface area contributed by atoms with E-state index in [4.69, 9.17) is 4.74 Å². The molecule has 2 aliphatic rings. The Bertz CT molecular complexity index is 1090. The third kappa shape index (κ3) is 6.41. The molecule has 2 aliphatic heterocycles. The fraction of sp³-hybridized carbons (Fsp3) is 0.500. The minimum Gasteiger partial charge on any atom is -0.492 e. The first-order valence-electron chi connectivity index (χ1n) is 13.1. The molecule has 0 bridgehead atoms. The van der Waals surface area contributed by atoms with Crippen molar-refractivity contribution in [2.45, 2.75) is 45.2 Å². The van der Waals surface area contributed by atoms with Gasteiger partial charge in [0.05, 0.1) is 5.69 Å². The van der Waals surface area contributed by atoms with Crippen LogP contribution >= 0.6 is 0 Å². The van der Waals surface area contributed by atoms with Crippen LogP contribution in [0, 0.1) is 5.92 Å². The number of hydrogen-bond acceptors (Lipinski definition) is 5. The van der Waals surface area contributed by atoms with E-state index >= 15 is 0 Å². The van der Waals surface area contributed by atoms with Gasteiger partial charge in [0.2, 0.25) is 0 Å². The Kier molecular flexibility index (Phi) is 7.96. The number of rotatable bonds is 9. The lowest BCUT2D eigenvalue weighted by Gasteiger charge is -2.31. The van der Waals surface area contributed by atoms with E-state index in [9.17, 15) is 4.79 Å². The molecule has 2 saturated heterocycles. The molecule has 7 nitrogen and oxygen atoms in total. The second-order valence-electron chi connectivity index (χ2n) is 9.92. The van der Waals surface area contributed by atoms with Crippen molar-refractivity contribution in [2.24, 2.45) is 5.92 Å². The highest BCUT2D eigenvalue weighted by atomic mass is 16.5. The van der Waals surface area contributed by atoms with Gasteiger partial charge >= 0.3 is 5.69 Å². The van der Waals surface area contributed by atoms with Crippen molar-refractivity contribution in [1.82, 2.24) is 24.1 Å².